The van der Waals surface area contributed by atoms with E-state index in [0.717, 1.165) is 36.4 Å². The van der Waals surface area contributed by atoms with Crippen LogP contribution < -0.4 is 9.75 Å². The van der Waals surface area contributed by atoms with E-state index in [1.807, 2.05) is 0 Å². The Morgan fingerprint density at radius 3 is 2.18 bits per heavy atom. The molecule has 17 nitrogen and oxygen atoms in total. The van der Waals surface area contributed by atoms with Gasteiger partial charge in [-0.25, -0.2) is 17.4 Å². The lowest BCUT2D eigenvalue weighted by Gasteiger charge is -2.12. The molecule has 0 saturated heterocycles. The predicted octanol–water partition coefficient (Wildman–Crippen LogP) is 0.475. The lowest BCUT2D eigenvalue weighted by Crippen LogP contribution is -2.33. The second-order valence-electron chi connectivity index (χ2n) is 7.43. The number of azo groups is 1. The van der Waals surface area contributed by atoms with Crippen LogP contribution in [-0.2, 0) is 44.1 Å². The van der Waals surface area contributed by atoms with Gasteiger partial charge in [0.2, 0.25) is 6.04 Å². The molecule has 20 heteroatoms. The molecule has 3 N–H and O–H groups in total. The monoisotopic (exact) mass is 606 g/mol. The second kappa shape index (κ2) is 11.1. The van der Waals surface area contributed by atoms with E-state index in [0.29, 0.717) is 5.01 Å². The Morgan fingerprint density at radius 1 is 1.03 bits per heavy atom. The number of carbonyl (C=O) groups is 2. The molecule has 0 aliphatic carbocycles. The van der Waals surface area contributed by atoms with E-state index in [-0.39, 0.29) is 22.0 Å². The third kappa shape index (κ3) is 7.19. The van der Waals surface area contributed by atoms with Gasteiger partial charge in [0.15, 0.2) is 15.5 Å². The van der Waals surface area contributed by atoms with Crippen molar-refractivity contribution in [2.45, 2.75) is 15.8 Å². The molecule has 1 aliphatic heterocycles. The van der Waals surface area contributed by atoms with Crippen molar-refractivity contribution in [3.8, 4) is 5.75 Å². The van der Waals surface area contributed by atoms with E-state index in [1.54, 1.807) is 0 Å². The molecule has 1 atom stereocenters. The van der Waals surface area contributed by atoms with Crippen LogP contribution in [0.15, 0.2) is 67.6 Å². The summed E-state index contributed by atoms with van der Waals surface area (Å²) >= 11 is 0. The van der Waals surface area contributed by atoms with Gasteiger partial charge in [0.1, 0.15) is 11.4 Å². The number of carboxylic acid groups (broad SMARTS) is 1. The summed E-state index contributed by atoms with van der Waals surface area (Å²) in [6.07, 6.45) is 0. The molecular weight excluding hydrogens is 588 g/mol. The Hall–Kier alpha value is -3.82. The highest BCUT2D eigenvalue weighted by atomic mass is 32.3. The summed E-state index contributed by atoms with van der Waals surface area (Å²) < 4.78 is 95.6. The van der Waals surface area contributed by atoms with Gasteiger partial charge in [0.25, 0.3) is 16.0 Å². The zero-order chi connectivity index (χ0) is 29.2. The molecular formula is C19H18N4O13S3. The first kappa shape index (κ1) is 29.7. The highest BCUT2D eigenvalue weighted by molar-refractivity contribution is 7.91. The molecule has 0 aromatic heterocycles. The number of carboxylic acids is 1. The summed E-state index contributed by atoms with van der Waals surface area (Å²) in [5, 5.41) is 21.3. The summed E-state index contributed by atoms with van der Waals surface area (Å²) in [5.41, 5.74) is -1.06. The number of hydrogen-bond acceptors (Lipinski definition) is 13. The molecule has 210 valence electrons. The first-order chi connectivity index (χ1) is 18.0. The molecule has 0 saturated carbocycles. The van der Waals surface area contributed by atoms with Gasteiger partial charge in [-0.05, 0) is 42.5 Å². The third-order valence-corrected chi connectivity index (χ3v) is 7.89. The van der Waals surface area contributed by atoms with Crippen LogP contribution in [0.4, 0.5) is 11.4 Å². The fraction of sp³-hybridized carbons (Fsp3) is 0.211. The molecule has 0 radical (unpaired) electrons. The van der Waals surface area contributed by atoms with Gasteiger partial charge in [-0.2, -0.15) is 37.2 Å². The van der Waals surface area contributed by atoms with E-state index in [2.05, 4.69) is 19.5 Å². The molecule has 39 heavy (non-hydrogen) atoms. The van der Waals surface area contributed by atoms with Crippen molar-refractivity contribution in [3.05, 3.63) is 42.5 Å². The maximum Gasteiger partial charge on any atom is 0.397 e. The Labute approximate surface area is 221 Å². The van der Waals surface area contributed by atoms with Gasteiger partial charge < -0.3 is 9.84 Å². The minimum atomic E-state index is -4.87. The van der Waals surface area contributed by atoms with Gasteiger partial charge in [-0.3, -0.25) is 13.9 Å². The number of rotatable bonds is 11. The molecule has 0 unspecified atom stereocenters. The average molecular weight is 607 g/mol. The number of hydrazone groups is 1. The average Bonchev–Trinajstić information content (AvgIpc) is 3.17. The van der Waals surface area contributed by atoms with Crippen molar-refractivity contribution >= 4 is 59.3 Å². The van der Waals surface area contributed by atoms with Crippen molar-refractivity contribution in [2.75, 3.05) is 24.5 Å². The third-order valence-electron chi connectivity index (χ3n) is 4.88. The Morgan fingerprint density at radius 2 is 1.64 bits per heavy atom. The van der Waals surface area contributed by atoms with Crippen LogP contribution in [0.1, 0.15) is 0 Å². The maximum absolute atomic E-state index is 12.9. The molecule has 1 aliphatic rings. The Balaban J connectivity index is 1.91. The van der Waals surface area contributed by atoms with Crippen molar-refractivity contribution < 1.29 is 58.0 Å². The fourth-order valence-electron chi connectivity index (χ4n) is 3.08. The summed E-state index contributed by atoms with van der Waals surface area (Å²) in [5.74, 6) is -3.51. The normalized spacial score (nSPS) is 16.5. The summed E-state index contributed by atoms with van der Waals surface area (Å²) in [6, 6.07) is 5.55. The van der Waals surface area contributed by atoms with E-state index in [9.17, 15) is 39.9 Å². The lowest BCUT2D eigenvalue weighted by atomic mass is 10.2. The number of anilines is 1. The van der Waals surface area contributed by atoms with E-state index in [4.69, 9.17) is 13.8 Å². The number of hydrogen-bond donors (Lipinski definition) is 3. The van der Waals surface area contributed by atoms with Crippen molar-refractivity contribution in [3.63, 3.8) is 0 Å². The number of amides is 1. The van der Waals surface area contributed by atoms with Gasteiger partial charge in [-0.15, -0.1) is 0 Å². The zero-order valence-corrected chi connectivity index (χ0v) is 21.9. The topological polar surface area (TPSA) is 256 Å². The largest absolute Gasteiger partial charge is 0.494 e. The number of ether oxygens (including phenoxy) is 1. The predicted molar refractivity (Wildman–Crippen MR) is 130 cm³/mol. The number of benzene rings is 2. The number of nitrogens with zero attached hydrogens (tertiary/aromatic N) is 4. The highest BCUT2D eigenvalue weighted by Crippen LogP contribution is 2.32. The number of carbonyl (C=O) groups excluding carboxylic acids is 1. The Kier molecular flexibility index (Phi) is 8.47. The summed E-state index contributed by atoms with van der Waals surface area (Å²) in [6.45, 7) is -0.889. The van der Waals surface area contributed by atoms with Crippen molar-refractivity contribution in [1.82, 2.24) is 0 Å². The van der Waals surface area contributed by atoms with Crippen LogP contribution in [0.3, 0.4) is 0 Å². The maximum atomic E-state index is 12.9. The standard InChI is InChI=1S/C19H18N4O13S3/c1-35-15-7-6-13(37(27,28)9-8-36-39(32,33)34)10-14(15)20-21-16-17(19(25)26)22-23(18(16)24)11-2-4-12(5-3-11)38(29,30)31/h2-7,10,16H,8-9H2,1H3,(H,25,26)(H,29,30,31)(H,32,33,34)/t16-/m0/s1. The molecule has 2 aromatic rings. The van der Waals surface area contributed by atoms with Crippen LogP contribution in [0.25, 0.3) is 0 Å². The lowest BCUT2D eigenvalue weighted by molar-refractivity contribution is -0.130. The molecule has 0 bridgehead atoms. The van der Waals surface area contributed by atoms with Crippen LogP contribution in [0, 0.1) is 0 Å². The van der Waals surface area contributed by atoms with Crippen LogP contribution in [0.2, 0.25) is 0 Å². The molecule has 0 spiro atoms. The molecule has 1 heterocycles. The summed E-state index contributed by atoms with van der Waals surface area (Å²) in [7, 11) is -12.4. The molecule has 2 aromatic carbocycles. The smallest absolute Gasteiger partial charge is 0.397 e. The number of aliphatic carboxylic acids is 1. The van der Waals surface area contributed by atoms with Gasteiger partial charge >= 0.3 is 16.4 Å². The number of sulfone groups is 1. The van der Waals surface area contributed by atoms with Crippen molar-refractivity contribution in [2.24, 2.45) is 15.3 Å². The number of methoxy groups -OCH3 is 1. The zero-order valence-electron chi connectivity index (χ0n) is 19.5. The van der Waals surface area contributed by atoms with Gasteiger partial charge in [0, 0.05) is 0 Å². The minimum absolute atomic E-state index is 0.0243. The Bertz CT molecular complexity index is 1680. The fourth-order valence-corrected chi connectivity index (χ4v) is 5.07. The van der Waals surface area contributed by atoms with Crippen LogP contribution >= 0.6 is 0 Å². The van der Waals surface area contributed by atoms with Crippen LogP contribution in [0.5, 0.6) is 5.75 Å². The van der Waals surface area contributed by atoms with Crippen LogP contribution in [-0.4, -0.2) is 82.6 Å². The minimum Gasteiger partial charge on any atom is -0.494 e. The quantitative estimate of drug-likeness (QED) is 0.232. The van der Waals surface area contributed by atoms with E-state index >= 15 is 0 Å². The van der Waals surface area contributed by atoms with E-state index in [1.165, 1.54) is 13.2 Å². The second-order valence-corrected chi connectivity index (χ2v) is 12.1. The van der Waals surface area contributed by atoms with Gasteiger partial charge in [0.05, 0.1) is 34.9 Å². The molecule has 0 fully saturated rings. The SMILES string of the molecule is COc1ccc(S(=O)(=O)CCOS(=O)(=O)O)cc1N=N[C@@H]1C(=O)N(c2ccc(S(=O)(=O)O)cc2)N=C1C(=O)O. The molecule has 1 amide bonds. The van der Waals surface area contributed by atoms with E-state index < -0.39 is 71.2 Å². The van der Waals surface area contributed by atoms with Crippen molar-refractivity contribution in [1.29, 1.82) is 0 Å². The van der Waals surface area contributed by atoms with Gasteiger partial charge in [-0.1, -0.05) is 0 Å². The highest BCUT2D eigenvalue weighted by Gasteiger charge is 2.41. The molecule has 3 rings (SSSR count). The first-order valence-corrected chi connectivity index (χ1v) is 14.7. The first-order valence-electron chi connectivity index (χ1n) is 10.2. The summed E-state index contributed by atoms with van der Waals surface area (Å²) in [4.78, 5) is 23.8.